The van der Waals surface area contributed by atoms with Crippen molar-refractivity contribution in [2.75, 3.05) is 32.0 Å². The van der Waals surface area contributed by atoms with E-state index < -0.39 is 22.2 Å². The van der Waals surface area contributed by atoms with Gasteiger partial charge in [0.05, 0.1) is 37.0 Å². The summed E-state index contributed by atoms with van der Waals surface area (Å²) in [4.78, 5) is 15.4. The first-order valence-electron chi connectivity index (χ1n) is 10.1. The van der Waals surface area contributed by atoms with Crippen LogP contribution in [0, 0.1) is 0 Å². The van der Waals surface area contributed by atoms with E-state index in [1.54, 1.807) is 13.3 Å². The van der Waals surface area contributed by atoms with Gasteiger partial charge in [0.2, 0.25) is 10.0 Å². The summed E-state index contributed by atoms with van der Waals surface area (Å²) in [5.74, 6) is -2.67. The average Bonchev–Trinajstić information content (AvgIpc) is 3.24. The van der Waals surface area contributed by atoms with E-state index in [2.05, 4.69) is 31.3 Å². The molecule has 1 aromatic carbocycles. The van der Waals surface area contributed by atoms with Gasteiger partial charge in [-0.05, 0) is 12.5 Å². The van der Waals surface area contributed by atoms with Crippen molar-refractivity contribution in [1.29, 1.82) is 0 Å². The highest BCUT2D eigenvalue weighted by Crippen LogP contribution is 2.20. The Bertz CT molecular complexity index is 983. The number of hydrogen-bond donors (Lipinski definition) is 2. The standard InChI is InChI=1S/C18H26N4O3S.C2HF3O2/c1-2-26(23,24)20-11-18-13-21(12-17-10-19-15-22(17)18)8-9-25-14-16-6-4-3-5-7-16;3-2(4,5)1(6)7/h3-7,10,15,18,20H,2,8-9,11-14H2,1H3;(H,6,7). The monoisotopic (exact) mass is 492 g/mol. The number of imidazole rings is 1. The molecule has 0 radical (unpaired) electrons. The second-order valence-electron chi connectivity index (χ2n) is 7.27. The van der Waals surface area contributed by atoms with Crippen LogP contribution in [0.15, 0.2) is 42.9 Å². The van der Waals surface area contributed by atoms with Crippen LogP contribution in [0.5, 0.6) is 0 Å². The van der Waals surface area contributed by atoms with Gasteiger partial charge in [-0.3, -0.25) is 4.90 Å². The van der Waals surface area contributed by atoms with Crippen molar-refractivity contribution in [2.24, 2.45) is 0 Å². The van der Waals surface area contributed by atoms with Crippen molar-refractivity contribution in [3.63, 3.8) is 0 Å². The van der Waals surface area contributed by atoms with Crippen molar-refractivity contribution < 1.29 is 36.2 Å². The molecule has 1 aromatic heterocycles. The molecule has 2 N–H and O–H groups in total. The molecule has 0 bridgehead atoms. The third kappa shape index (κ3) is 9.12. The largest absolute Gasteiger partial charge is 0.490 e. The molecule has 0 aliphatic carbocycles. The number of carbonyl (C=O) groups is 1. The number of carboxylic acid groups (broad SMARTS) is 1. The highest BCUT2D eigenvalue weighted by Gasteiger charge is 2.38. The SMILES string of the molecule is CCS(=O)(=O)NCC1CN(CCOCc2ccccc2)Cc2cncn21.O=C(O)C(F)(F)F. The van der Waals surface area contributed by atoms with Crippen LogP contribution >= 0.6 is 0 Å². The van der Waals surface area contributed by atoms with Gasteiger partial charge in [-0.25, -0.2) is 22.9 Å². The Morgan fingerprint density at radius 1 is 1.30 bits per heavy atom. The molecule has 1 unspecified atom stereocenters. The Hall–Kier alpha value is -2.48. The molecule has 1 atom stereocenters. The van der Waals surface area contributed by atoms with Crippen LogP contribution in [0.25, 0.3) is 0 Å². The van der Waals surface area contributed by atoms with Crippen molar-refractivity contribution in [2.45, 2.75) is 32.3 Å². The zero-order valence-electron chi connectivity index (χ0n) is 18.0. The van der Waals surface area contributed by atoms with E-state index in [1.165, 1.54) is 0 Å². The first-order chi connectivity index (χ1) is 15.5. The number of nitrogens with one attached hydrogen (secondary N) is 1. The van der Waals surface area contributed by atoms with E-state index in [9.17, 15) is 21.6 Å². The number of aliphatic carboxylic acids is 1. The van der Waals surface area contributed by atoms with Crippen molar-refractivity contribution >= 4 is 16.0 Å². The number of fused-ring (bicyclic) bond motifs is 1. The number of benzene rings is 1. The lowest BCUT2D eigenvalue weighted by molar-refractivity contribution is -0.192. The first-order valence-corrected chi connectivity index (χ1v) is 11.8. The summed E-state index contributed by atoms with van der Waals surface area (Å²) >= 11 is 0. The minimum absolute atomic E-state index is 0.0386. The smallest absolute Gasteiger partial charge is 0.475 e. The summed E-state index contributed by atoms with van der Waals surface area (Å²) < 4.78 is 65.8. The highest BCUT2D eigenvalue weighted by molar-refractivity contribution is 7.89. The van der Waals surface area contributed by atoms with Crippen molar-refractivity contribution in [1.82, 2.24) is 19.2 Å². The molecular weight excluding hydrogens is 465 g/mol. The molecule has 0 saturated carbocycles. The second kappa shape index (κ2) is 12.1. The van der Waals surface area contributed by atoms with Gasteiger partial charge in [0.1, 0.15) is 0 Å². The molecule has 1 aliphatic heterocycles. The maximum atomic E-state index is 11.7. The molecule has 3 rings (SSSR count). The van der Waals surface area contributed by atoms with Gasteiger partial charge in [-0.2, -0.15) is 13.2 Å². The van der Waals surface area contributed by atoms with Gasteiger partial charge in [0.15, 0.2) is 0 Å². The fourth-order valence-corrected chi connectivity index (χ4v) is 3.73. The normalized spacial score (nSPS) is 16.5. The molecule has 184 valence electrons. The highest BCUT2D eigenvalue weighted by atomic mass is 32.2. The lowest BCUT2D eigenvalue weighted by Gasteiger charge is -2.34. The zero-order valence-corrected chi connectivity index (χ0v) is 18.8. The minimum atomic E-state index is -5.08. The summed E-state index contributed by atoms with van der Waals surface area (Å²) in [6.07, 6.45) is -1.46. The molecule has 9 nitrogen and oxygen atoms in total. The number of nitrogens with zero attached hydrogens (tertiary/aromatic N) is 3. The van der Waals surface area contributed by atoms with Gasteiger partial charge >= 0.3 is 12.1 Å². The van der Waals surface area contributed by atoms with Gasteiger partial charge in [0, 0.05) is 32.4 Å². The molecule has 2 heterocycles. The molecule has 0 saturated heterocycles. The van der Waals surface area contributed by atoms with Crippen LogP contribution in [0.2, 0.25) is 0 Å². The van der Waals surface area contributed by atoms with E-state index in [0.29, 0.717) is 19.8 Å². The van der Waals surface area contributed by atoms with Crippen molar-refractivity contribution in [3.8, 4) is 0 Å². The third-order valence-corrected chi connectivity index (χ3v) is 6.19. The molecular formula is C20H27F3N4O5S. The minimum Gasteiger partial charge on any atom is -0.475 e. The van der Waals surface area contributed by atoms with Gasteiger partial charge in [-0.1, -0.05) is 30.3 Å². The maximum Gasteiger partial charge on any atom is 0.490 e. The van der Waals surface area contributed by atoms with Crippen LogP contribution in [0.3, 0.4) is 0 Å². The summed E-state index contributed by atoms with van der Waals surface area (Å²) in [6.45, 7) is 5.62. The van der Waals surface area contributed by atoms with Crippen LogP contribution in [0.4, 0.5) is 13.2 Å². The Morgan fingerprint density at radius 2 is 1.97 bits per heavy atom. The van der Waals surface area contributed by atoms with Crippen LogP contribution in [-0.2, 0) is 32.7 Å². The van der Waals surface area contributed by atoms with E-state index in [1.807, 2.05) is 24.4 Å². The molecule has 2 aromatic rings. The second-order valence-corrected chi connectivity index (χ2v) is 9.37. The number of rotatable bonds is 9. The number of aromatic nitrogens is 2. The third-order valence-electron chi connectivity index (χ3n) is 4.82. The molecule has 33 heavy (non-hydrogen) atoms. The Balaban J connectivity index is 0.000000479. The number of hydrogen-bond acceptors (Lipinski definition) is 6. The van der Waals surface area contributed by atoms with Gasteiger partial charge < -0.3 is 14.4 Å². The Morgan fingerprint density at radius 3 is 2.58 bits per heavy atom. The first kappa shape index (κ1) is 26.8. The maximum absolute atomic E-state index is 11.7. The van der Waals surface area contributed by atoms with E-state index in [-0.39, 0.29) is 11.8 Å². The number of alkyl halides is 3. The number of sulfonamides is 1. The molecule has 1 aliphatic rings. The van der Waals surface area contributed by atoms with Gasteiger partial charge in [-0.15, -0.1) is 0 Å². The lowest BCUT2D eigenvalue weighted by atomic mass is 10.2. The van der Waals surface area contributed by atoms with E-state index >= 15 is 0 Å². The number of ether oxygens (including phenoxy) is 1. The molecule has 0 amide bonds. The van der Waals surface area contributed by atoms with E-state index in [0.717, 1.165) is 30.9 Å². The summed E-state index contributed by atoms with van der Waals surface area (Å²) in [7, 11) is -3.20. The summed E-state index contributed by atoms with van der Waals surface area (Å²) in [6, 6.07) is 10.1. The van der Waals surface area contributed by atoms with E-state index in [4.69, 9.17) is 14.6 Å². The van der Waals surface area contributed by atoms with Crippen LogP contribution in [-0.4, -0.2) is 72.1 Å². The predicted octanol–water partition coefficient (Wildman–Crippen LogP) is 2.03. The van der Waals surface area contributed by atoms with Crippen molar-refractivity contribution in [3.05, 3.63) is 54.1 Å². The van der Waals surface area contributed by atoms with Crippen LogP contribution in [0.1, 0.15) is 24.2 Å². The van der Waals surface area contributed by atoms with Gasteiger partial charge in [0.25, 0.3) is 0 Å². The Kier molecular flexibility index (Phi) is 9.83. The fraction of sp³-hybridized carbons (Fsp3) is 0.500. The zero-order chi connectivity index (χ0) is 24.5. The topological polar surface area (TPSA) is 114 Å². The summed E-state index contributed by atoms with van der Waals surface area (Å²) in [5, 5.41) is 7.12. The molecule has 0 fully saturated rings. The molecule has 0 spiro atoms. The average molecular weight is 493 g/mol. The number of halogens is 3. The summed E-state index contributed by atoms with van der Waals surface area (Å²) in [5.41, 5.74) is 2.26. The Labute approximate surface area is 190 Å². The quantitative estimate of drug-likeness (QED) is 0.515. The lowest BCUT2D eigenvalue weighted by Crippen LogP contribution is -2.43. The molecule has 13 heteroatoms. The predicted molar refractivity (Wildman–Crippen MR) is 114 cm³/mol. The number of carboxylic acids is 1. The van der Waals surface area contributed by atoms with Crippen LogP contribution < -0.4 is 4.72 Å². The fourth-order valence-electron chi connectivity index (χ4n) is 3.08.